The van der Waals surface area contributed by atoms with Crippen molar-refractivity contribution < 1.29 is 5.11 Å². The topological polar surface area (TPSA) is 70.0 Å². The Balaban J connectivity index is 2.64. The molecular weight excluding hydrogens is 208 g/mol. The predicted molar refractivity (Wildman–Crippen MR) is 62.5 cm³/mol. The molecule has 15 heavy (non-hydrogen) atoms. The molecule has 0 aromatic heterocycles. The maximum absolute atomic E-state index is 8.87. The van der Waals surface area contributed by atoms with Crippen molar-refractivity contribution in [3.63, 3.8) is 0 Å². The smallest absolute Gasteiger partial charge is 0.101 e. The quantitative estimate of drug-likeness (QED) is 0.602. The Labute approximate surface area is 93.9 Å². The van der Waals surface area contributed by atoms with E-state index in [1.165, 1.54) is 0 Å². The third kappa shape index (κ3) is 3.46. The van der Waals surface area contributed by atoms with Crippen LogP contribution in [-0.2, 0) is 0 Å². The minimum absolute atomic E-state index is 0.193. The monoisotopic (exact) mass is 222 g/mol. The van der Waals surface area contributed by atoms with E-state index in [0.717, 1.165) is 10.6 Å². The Morgan fingerprint density at radius 1 is 1.60 bits per heavy atom. The minimum Gasteiger partial charge on any atom is -0.398 e. The van der Waals surface area contributed by atoms with Gasteiger partial charge in [-0.1, -0.05) is 6.92 Å². The molecule has 0 aliphatic carbocycles. The van der Waals surface area contributed by atoms with Crippen molar-refractivity contribution in [3.8, 4) is 6.07 Å². The van der Waals surface area contributed by atoms with Gasteiger partial charge in [0, 0.05) is 17.3 Å². The SMILES string of the molecule is CC(CO)CSc1ccc(C#N)c(N)c1. The lowest BCUT2D eigenvalue weighted by Crippen LogP contribution is -2.03. The lowest BCUT2D eigenvalue weighted by atomic mass is 10.2. The Bertz CT molecular complexity index is 373. The van der Waals surface area contributed by atoms with Crippen LogP contribution in [0.25, 0.3) is 0 Å². The highest BCUT2D eigenvalue weighted by atomic mass is 32.2. The highest BCUT2D eigenvalue weighted by Gasteiger charge is 2.03. The van der Waals surface area contributed by atoms with Crippen molar-refractivity contribution in [1.29, 1.82) is 5.26 Å². The number of thioether (sulfide) groups is 1. The van der Waals surface area contributed by atoms with Crippen LogP contribution in [0.3, 0.4) is 0 Å². The molecule has 3 nitrogen and oxygen atoms in total. The molecule has 0 radical (unpaired) electrons. The molecule has 1 aromatic carbocycles. The third-order valence-electron chi connectivity index (χ3n) is 1.99. The second-order valence-corrected chi connectivity index (χ2v) is 4.55. The molecule has 4 heteroatoms. The summed E-state index contributed by atoms with van der Waals surface area (Å²) in [5.41, 5.74) is 6.71. The van der Waals surface area contributed by atoms with Gasteiger partial charge in [0.05, 0.1) is 11.3 Å². The molecule has 0 aliphatic heterocycles. The van der Waals surface area contributed by atoms with Crippen molar-refractivity contribution in [2.24, 2.45) is 5.92 Å². The van der Waals surface area contributed by atoms with E-state index >= 15 is 0 Å². The van der Waals surface area contributed by atoms with Gasteiger partial charge in [0.15, 0.2) is 0 Å². The number of nitriles is 1. The predicted octanol–water partition coefficient (Wildman–Crippen LogP) is 1.86. The van der Waals surface area contributed by atoms with E-state index in [1.54, 1.807) is 23.9 Å². The average Bonchev–Trinajstić information content (AvgIpc) is 2.26. The van der Waals surface area contributed by atoms with Crippen molar-refractivity contribution in [2.45, 2.75) is 11.8 Å². The summed E-state index contributed by atoms with van der Waals surface area (Å²) >= 11 is 1.64. The fourth-order valence-electron chi connectivity index (χ4n) is 1.02. The van der Waals surface area contributed by atoms with Crippen molar-refractivity contribution in [3.05, 3.63) is 23.8 Å². The van der Waals surface area contributed by atoms with E-state index in [1.807, 2.05) is 19.1 Å². The van der Waals surface area contributed by atoms with Crippen molar-refractivity contribution >= 4 is 17.4 Å². The van der Waals surface area contributed by atoms with Gasteiger partial charge in [0.25, 0.3) is 0 Å². The van der Waals surface area contributed by atoms with Crippen LogP contribution < -0.4 is 5.73 Å². The van der Waals surface area contributed by atoms with Crippen LogP contribution in [0.5, 0.6) is 0 Å². The summed E-state index contributed by atoms with van der Waals surface area (Å²) in [6.45, 7) is 2.18. The first-order chi connectivity index (χ1) is 7.17. The maximum Gasteiger partial charge on any atom is 0.101 e. The van der Waals surface area contributed by atoms with Crippen LogP contribution in [-0.4, -0.2) is 17.5 Å². The molecule has 0 heterocycles. The number of anilines is 1. The summed E-state index contributed by atoms with van der Waals surface area (Å²) in [7, 11) is 0. The number of nitrogens with zero attached hydrogens (tertiary/aromatic N) is 1. The molecule has 0 amide bonds. The summed E-state index contributed by atoms with van der Waals surface area (Å²) in [6.07, 6.45) is 0. The third-order valence-corrected chi connectivity index (χ3v) is 3.31. The number of nitrogen functional groups attached to an aromatic ring is 1. The van der Waals surface area contributed by atoms with Crippen molar-refractivity contribution in [2.75, 3.05) is 18.1 Å². The standard InChI is InChI=1S/C11H14N2OS/c1-8(6-14)7-15-10-3-2-9(5-12)11(13)4-10/h2-4,8,14H,6-7,13H2,1H3. The lowest BCUT2D eigenvalue weighted by molar-refractivity contribution is 0.250. The van der Waals surface area contributed by atoms with Crippen LogP contribution in [0.4, 0.5) is 5.69 Å². The molecule has 0 spiro atoms. The second kappa shape index (κ2) is 5.64. The van der Waals surface area contributed by atoms with Gasteiger partial charge in [-0.25, -0.2) is 0 Å². The molecule has 1 aromatic rings. The van der Waals surface area contributed by atoms with Gasteiger partial charge in [-0.05, 0) is 24.1 Å². The molecule has 0 saturated carbocycles. The van der Waals surface area contributed by atoms with E-state index in [0.29, 0.717) is 11.3 Å². The zero-order valence-corrected chi connectivity index (χ0v) is 9.42. The van der Waals surface area contributed by atoms with Gasteiger partial charge >= 0.3 is 0 Å². The first kappa shape index (κ1) is 11.9. The van der Waals surface area contributed by atoms with E-state index < -0.39 is 0 Å². The number of benzene rings is 1. The maximum atomic E-state index is 8.87. The zero-order chi connectivity index (χ0) is 11.3. The second-order valence-electron chi connectivity index (χ2n) is 3.46. The van der Waals surface area contributed by atoms with Gasteiger partial charge in [-0.15, -0.1) is 11.8 Å². The number of hydrogen-bond acceptors (Lipinski definition) is 4. The minimum atomic E-state index is 0.193. The molecule has 1 atom stereocenters. The fourth-order valence-corrected chi connectivity index (χ4v) is 1.98. The number of hydrogen-bond donors (Lipinski definition) is 2. The molecular formula is C11H14N2OS. The highest BCUT2D eigenvalue weighted by molar-refractivity contribution is 7.99. The largest absolute Gasteiger partial charge is 0.398 e. The molecule has 80 valence electrons. The Hall–Kier alpha value is -1.18. The number of aliphatic hydroxyl groups excluding tert-OH is 1. The summed E-state index contributed by atoms with van der Waals surface area (Å²) < 4.78 is 0. The highest BCUT2D eigenvalue weighted by Crippen LogP contribution is 2.24. The van der Waals surface area contributed by atoms with Gasteiger partial charge < -0.3 is 10.8 Å². The molecule has 1 unspecified atom stereocenters. The Kier molecular flexibility index (Phi) is 4.47. The normalized spacial score (nSPS) is 12.1. The molecule has 0 saturated heterocycles. The lowest BCUT2D eigenvalue weighted by Gasteiger charge is -2.07. The van der Waals surface area contributed by atoms with Gasteiger partial charge in [0.2, 0.25) is 0 Å². The fraction of sp³-hybridized carbons (Fsp3) is 0.364. The number of aliphatic hydroxyl groups is 1. The Morgan fingerprint density at radius 3 is 2.87 bits per heavy atom. The summed E-state index contributed by atoms with van der Waals surface area (Å²) in [4.78, 5) is 1.03. The number of rotatable bonds is 4. The first-order valence-corrected chi connectivity index (χ1v) is 5.69. The van der Waals surface area contributed by atoms with E-state index in [2.05, 4.69) is 0 Å². The first-order valence-electron chi connectivity index (χ1n) is 4.70. The van der Waals surface area contributed by atoms with Crippen molar-refractivity contribution in [1.82, 2.24) is 0 Å². The van der Waals surface area contributed by atoms with Gasteiger partial charge in [-0.3, -0.25) is 0 Å². The van der Waals surface area contributed by atoms with Gasteiger partial charge in [-0.2, -0.15) is 5.26 Å². The van der Waals surface area contributed by atoms with Crippen LogP contribution in [0.1, 0.15) is 12.5 Å². The van der Waals surface area contributed by atoms with E-state index in [4.69, 9.17) is 16.1 Å². The molecule has 3 N–H and O–H groups in total. The molecule has 0 fully saturated rings. The summed E-state index contributed by atoms with van der Waals surface area (Å²) in [6, 6.07) is 7.43. The van der Waals surface area contributed by atoms with Crippen LogP contribution in [0.2, 0.25) is 0 Å². The van der Waals surface area contributed by atoms with Crippen LogP contribution in [0, 0.1) is 17.2 Å². The molecule has 0 bridgehead atoms. The summed E-state index contributed by atoms with van der Waals surface area (Å²) in [5.74, 6) is 1.12. The summed E-state index contributed by atoms with van der Waals surface area (Å²) in [5, 5.41) is 17.6. The zero-order valence-electron chi connectivity index (χ0n) is 8.60. The number of nitrogens with two attached hydrogens (primary N) is 1. The molecule has 0 aliphatic rings. The van der Waals surface area contributed by atoms with Crippen LogP contribution >= 0.6 is 11.8 Å². The molecule has 1 rings (SSSR count). The Morgan fingerprint density at radius 2 is 2.33 bits per heavy atom. The van der Waals surface area contributed by atoms with E-state index in [9.17, 15) is 0 Å². The van der Waals surface area contributed by atoms with E-state index in [-0.39, 0.29) is 12.5 Å². The van der Waals surface area contributed by atoms with Crippen LogP contribution in [0.15, 0.2) is 23.1 Å². The average molecular weight is 222 g/mol. The van der Waals surface area contributed by atoms with Gasteiger partial charge in [0.1, 0.15) is 6.07 Å².